The molecular formula is C24H28N8O2. The van der Waals surface area contributed by atoms with Gasteiger partial charge < -0.3 is 10.2 Å². The molecular weight excluding hydrogens is 432 g/mol. The second-order valence-electron chi connectivity index (χ2n) is 8.51. The Morgan fingerprint density at radius 1 is 1.06 bits per heavy atom. The van der Waals surface area contributed by atoms with Gasteiger partial charge in [-0.3, -0.25) is 10.1 Å². The van der Waals surface area contributed by atoms with Crippen molar-refractivity contribution in [2.24, 2.45) is 11.0 Å². The average molecular weight is 461 g/mol. The summed E-state index contributed by atoms with van der Waals surface area (Å²) in [4.78, 5) is 26.7. The molecule has 10 heteroatoms. The number of piperidine rings is 1. The maximum atomic E-state index is 11.2. The van der Waals surface area contributed by atoms with E-state index in [1.807, 2.05) is 19.1 Å². The largest absolute Gasteiger partial charge is 0.341 e. The first kappa shape index (κ1) is 23.1. The van der Waals surface area contributed by atoms with Crippen molar-refractivity contribution in [3.8, 4) is 0 Å². The number of anilines is 4. The van der Waals surface area contributed by atoms with Gasteiger partial charge in [-0.25, -0.2) is 5.43 Å². The third-order valence-electron chi connectivity index (χ3n) is 6.04. The fourth-order valence-corrected chi connectivity index (χ4v) is 3.75. The first-order valence-corrected chi connectivity index (χ1v) is 11.3. The molecule has 2 aromatic carbocycles. The van der Waals surface area contributed by atoms with Crippen molar-refractivity contribution in [1.82, 2.24) is 15.0 Å². The van der Waals surface area contributed by atoms with Crippen LogP contribution in [-0.2, 0) is 0 Å². The Labute approximate surface area is 198 Å². The van der Waals surface area contributed by atoms with Gasteiger partial charge in [-0.15, -0.1) is 0 Å². The molecule has 10 nitrogen and oxygen atoms in total. The van der Waals surface area contributed by atoms with E-state index in [0.717, 1.165) is 42.7 Å². The van der Waals surface area contributed by atoms with Gasteiger partial charge in [-0.2, -0.15) is 20.1 Å². The summed E-state index contributed by atoms with van der Waals surface area (Å²) in [5, 5.41) is 18.7. The summed E-state index contributed by atoms with van der Waals surface area (Å²) in [5.74, 6) is 1.90. The molecule has 1 aliphatic rings. The van der Waals surface area contributed by atoms with E-state index in [1.165, 1.54) is 12.3 Å². The fraction of sp³-hybridized carbons (Fsp3) is 0.333. The first-order chi connectivity index (χ1) is 16.4. The number of aromatic nitrogens is 3. The van der Waals surface area contributed by atoms with E-state index in [0.29, 0.717) is 23.4 Å². The lowest BCUT2D eigenvalue weighted by atomic mass is 10.00. The minimum Gasteiger partial charge on any atom is -0.341 e. The molecule has 0 radical (unpaired) electrons. The molecule has 176 valence electrons. The molecule has 4 rings (SSSR count). The first-order valence-electron chi connectivity index (χ1n) is 11.3. The Hall–Kier alpha value is -4.08. The molecule has 0 saturated carbocycles. The Bertz CT molecular complexity index is 1210. The molecule has 0 atom stereocenters. The summed E-state index contributed by atoms with van der Waals surface area (Å²) in [6.07, 6.45) is 3.54. The number of nitrogens with zero attached hydrogens (tertiary/aromatic N) is 6. The minimum absolute atomic E-state index is 0.0240. The summed E-state index contributed by atoms with van der Waals surface area (Å²) in [6, 6.07) is 12.4. The molecule has 2 N–H and O–H groups in total. The zero-order valence-corrected chi connectivity index (χ0v) is 19.5. The zero-order chi connectivity index (χ0) is 24.1. The lowest BCUT2D eigenvalue weighted by Crippen LogP contribution is -2.34. The molecule has 0 unspecified atom stereocenters. The summed E-state index contributed by atoms with van der Waals surface area (Å²) in [5.41, 5.74) is 6.37. The van der Waals surface area contributed by atoms with Gasteiger partial charge in [0.2, 0.25) is 17.8 Å². The van der Waals surface area contributed by atoms with Gasteiger partial charge in [0, 0.05) is 24.8 Å². The summed E-state index contributed by atoms with van der Waals surface area (Å²) >= 11 is 0. The van der Waals surface area contributed by atoms with E-state index in [-0.39, 0.29) is 11.6 Å². The molecule has 1 aliphatic heterocycles. The predicted octanol–water partition coefficient (Wildman–Crippen LogP) is 4.82. The van der Waals surface area contributed by atoms with Crippen LogP contribution in [0.4, 0.5) is 29.2 Å². The van der Waals surface area contributed by atoms with Gasteiger partial charge in [0.25, 0.3) is 5.69 Å². The smallest absolute Gasteiger partial charge is 0.278 e. The Morgan fingerprint density at radius 3 is 2.56 bits per heavy atom. The summed E-state index contributed by atoms with van der Waals surface area (Å²) < 4.78 is 0. The van der Waals surface area contributed by atoms with Crippen molar-refractivity contribution in [1.29, 1.82) is 0 Å². The van der Waals surface area contributed by atoms with E-state index in [1.54, 1.807) is 18.2 Å². The van der Waals surface area contributed by atoms with Crippen LogP contribution < -0.4 is 15.6 Å². The predicted molar refractivity (Wildman–Crippen MR) is 134 cm³/mol. The number of hydrazone groups is 1. The average Bonchev–Trinajstić information content (AvgIpc) is 2.82. The monoisotopic (exact) mass is 460 g/mol. The number of rotatable bonds is 7. The number of nitro benzene ring substituents is 1. The van der Waals surface area contributed by atoms with Crippen molar-refractivity contribution >= 4 is 35.4 Å². The maximum Gasteiger partial charge on any atom is 0.278 e. The van der Waals surface area contributed by atoms with Crippen LogP contribution in [0.15, 0.2) is 47.6 Å². The van der Waals surface area contributed by atoms with Crippen LogP contribution in [0.2, 0.25) is 0 Å². The number of benzene rings is 2. The lowest BCUT2D eigenvalue weighted by molar-refractivity contribution is -0.385. The molecule has 1 saturated heterocycles. The van der Waals surface area contributed by atoms with Crippen molar-refractivity contribution in [2.45, 2.75) is 33.6 Å². The summed E-state index contributed by atoms with van der Waals surface area (Å²) in [7, 11) is 0. The number of hydrogen-bond acceptors (Lipinski definition) is 9. The van der Waals surface area contributed by atoms with Gasteiger partial charge in [0.15, 0.2) is 0 Å². The van der Waals surface area contributed by atoms with Gasteiger partial charge in [0.1, 0.15) is 0 Å². The molecule has 1 fully saturated rings. The highest BCUT2D eigenvalue weighted by atomic mass is 16.6. The molecule has 0 aliphatic carbocycles. The van der Waals surface area contributed by atoms with Crippen LogP contribution in [0.3, 0.4) is 0 Å². The number of hydrogen-bond donors (Lipinski definition) is 2. The van der Waals surface area contributed by atoms with Crippen LogP contribution in [0, 0.1) is 29.9 Å². The molecule has 2 heterocycles. The Balaban J connectivity index is 1.62. The second-order valence-corrected chi connectivity index (χ2v) is 8.51. The number of para-hydroxylation sites is 1. The lowest BCUT2D eigenvalue weighted by Gasteiger charge is -2.30. The van der Waals surface area contributed by atoms with Crippen molar-refractivity contribution in [3.05, 3.63) is 69.3 Å². The molecule has 0 bridgehead atoms. The second kappa shape index (κ2) is 10.2. The van der Waals surface area contributed by atoms with Crippen LogP contribution in [0.5, 0.6) is 0 Å². The maximum absolute atomic E-state index is 11.2. The number of aryl methyl sites for hydroxylation is 1. The van der Waals surface area contributed by atoms with Crippen molar-refractivity contribution in [2.75, 3.05) is 28.7 Å². The molecule has 0 spiro atoms. The highest BCUT2D eigenvalue weighted by molar-refractivity contribution is 5.85. The number of nitro groups is 1. The fourth-order valence-electron chi connectivity index (χ4n) is 3.75. The molecule has 34 heavy (non-hydrogen) atoms. The highest BCUT2D eigenvalue weighted by Crippen LogP contribution is 2.25. The van der Waals surface area contributed by atoms with E-state index in [9.17, 15) is 10.1 Å². The van der Waals surface area contributed by atoms with E-state index >= 15 is 0 Å². The Morgan fingerprint density at radius 2 is 1.79 bits per heavy atom. The summed E-state index contributed by atoms with van der Waals surface area (Å²) in [6.45, 7) is 8.09. The quantitative estimate of drug-likeness (QED) is 0.292. The minimum atomic E-state index is -0.439. The molecule has 1 aromatic heterocycles. The van der Waals surface area contributed by atoms with Gasteiger partial charge in [-0.1, -0.05) is 31.2 Å². The highest BCUT2D eigenvalue weighted by Gasteiger charge is 2.20. The van der Waals surface area contributed by atoms with Crippen molar-refractivity contribution in [3.63, 3.8) is 0 Å². The van der Waals surface area contributed by atoms with Gasteiger partial charge in [-0.05, 0) is 55.9 Å². The zero-order valence-electron chi connectivity index (χ0n) is 19.5. The normalized spacial score (nSPS) is 14.4. The SMILES string of the molecule is Cc1cccc(Nc2nc(NN=Cc3ccccc3[N+](=O)[O-])nc(N3CCC(C)CC3)n2)c1C. The third-order valence-corrected chi connectivity index (χ3v) is 6.04. The standard InChI is InChI=1S/C24H28N8O2/c1-16-11-13-31(14-12-16)24-28-22(26-20-9-6-7-17(2)18(20)3)27-23(29-24)30-25-15-19-8-4-5-10-21(19)32(33)34/h4-10,15-16H,11-14H2,1-3H3,(H2,26,27,28,29,30). The van der Waals surface area contributed by atoms with Crippen LogP contribution in [-0.4, -0.2) is 39.2 Å². The Kier molecular flexibility index (Phi) is 6.95. The van der Waals surface area contributed by atoms with E-state index < -0.39 is 4.92 Å². The van der Waals surface area contributed by atoms with E-state index in [2.05, 4.69) is 55.6 Å². The third kappa shape index (κ3) is 5.45. The van der Waals surface area contributed by atoms with Gasteiger partial charge in [0.05, 0.1) is 16.7 Å². The van der Waals surface area contributed by atoms with Crippen LogP contribution in [0.1, 0.15) is 36.5 Å². The van der Waals surface area contributed by atoms with E-state index in [4.69, 9.17) is 0 Å². The van der Waals surface area contributed by atoms with Gasteiger partial charge >= 0.3 is 0 Å². The van der Waals surface area contributed by atoms with Crippen LogP contribution in [0.25, 0.3) is 0 Å². The topological polar surface area (TPSA) is 121 Å². The molecule has 0 amide bonds. The number of nitrogens with one attached hydrogen (secondary N) is 2. The van der Waals surface area contributed by atoms with Crippen LogP contribution >= 0.6 is 0 Å². The molecule has 3 aromatic rings. The van der Waals surface area contributed by atoms with Crippen molar-refractivity contribution < 1.29 is 4.92 Å².